The number of carboxylic acids is 2. The van der Waals surface area contributed by atoms with Crippen molar-refractivity contribution in [3.8, 4) is 0 Å². The number of methoxy groups -OCH3 is 1. The lowest BCUT2D eigenvalue weighted by atomic mass is 9.98. The number of aryl methyl sites for hydroxylation is 4. The average Bonchev–Trinajstić information content (AvgIpc) is 1.69. The zero-order chi connectivity index (χ0) is 66.0. The first-order valence-corrected chi connectivity index (χ1v) is 30.7. The summed E-state index contributed by atoms with van der Waals surface area (Å²) in [4.78, 5) is 68.9. The van der Waals surface area contributed by atoms with Crippen molar-refractivity contribution < 1.29 is 48.8 Å². The standard InChI is InChI=1S/C20H20ClNO3.C19H18ClNO3.C19H20ClNO2.C17H15NO2.CH4/c1-25-20(24)14-22-19(23)13-17(16-5-3-2-4-6-16)10-7-15-8-11-18(21)12-9-15;20-17-10-7-14(8-11-17)6-9-16(15-4-2-1-3-5-15)12-18(22)21-13-19(23)24;20-18-10-7-15(8-11-18)6-9-17(14-19(23)21-12-13-22)16-4-2-1-3-5-16;1-12-6-8-13(9-7-12)10-18-11-15(17(19)20)14-4-2-3-5-16(14)18;/h2-6,8-9,11-13H,7,10,14H2,1H3,(H,22,23);1-5,7-8,10-12H,6,9,13H2,(H,21,22)(H,23,24);1-5,7-8,10-11,14,22H,6,9,12-13H2,(H,21,23);2-9,11H,10H2,1H3,(H,19,20);1H4/b17-13+;16-12-;17-14-;;. The van der Waals surface area contributed by atoms with Gasteiger partial charge < -0.3 is 40.6 Å². The van der Waals surface area contributed by atoms with Crippen LogP contribution in [-0.2, 0) is 54.5 Å². The Balaban J connectivity index is 0.000000225. The van der Waals surface area contributed by atoms with Crippen molar-refractivity contribution in [1.82, 2.24) is 20.5 Å². The zero-order valence-corrected chi connectivity index (χ0v) is 53.3. The molecule has 0 radical (unpaired) electrons. The van der Waals surface area contributed by atoms with Gasteiger partial charge in [-0.05, 0) is 144 Å². The molecule has 9 rings (SSSR count). The second kappa shape index (κ2) is 40.1. The molecule has 0 atom stereocenters. The lowest BCUT2D eigenvalue weighted by Gasteiger charge is -2.09. The molecule has 0 fully saturated rings. The van der Waals surface area contributed by atoms with Crippen LogP contribution in [0.2, 0.25) is 15.1 Å². The van der Waals surface area contributed by atoms with Crippen LogP contribution < -0.4 is 16.0 Å². The van der Waals surface area contributed by atoms with Crippen LogP contribution in [0.1, 0.15) is 81.6 Å². The van der Waals surface area contributed by atoms with Crippen LogP contribution in [0, 0.1) is 6.92 Å². The minimum Gasteiger partial charge on any atom is -0.480 e. The van der Waals surface area contributed by atoms with Crippen LogP contribution >= 0.6 is 34.8 Å². The number of fused-ring (bicyclic) bond motifs is 1. The highest BCUT2D eigenvalue weighted by molar-refractivity contribution is 6.31. The lowest BCUT2D eigenvalue weighted by molar-refractivity contribution is -0.140. The number of para-hydroxylation sites is 1. The summed E-state index contributed by atoms with van der Waals surface area (Å²) in [5.41, 5.74) is 12.8. The molecule has 17 heteroatoms. The van der Waals surface area contributed by atoms with E-state index in [1.54, 1.807) is 12.3 Å². The number of nitrogens with one attached hydrogen (secondary N) is 3. The maximum atomic E-state index is 12.1. The van der Waals surface area contributed by atoms with Crippen molar-refractivity contribution in [3.63, 3.8) is 0 Å². The van der Waals surface area contributed by atoms with Crippen molar-refractivity contribution in [1.29, 1.82) is 0 Å². The molecular weight excluding hydrogens is 1240 g/mol. The number of hydrogen-bond donors (Lipinski definition) is 6. The Bertz CT molecular complexity index is 3910. The van der Waals surface area contributed by atoms with Crippen LogP contribution in [0.5, 0.6) is 0 Å². The highest BCUT2D eigenvalue weighted by atomic mass is 35.5. The summed E-state index contributed by atoms with van der Waals surface area (Å²) in [6.45, 7) is 2.38. The van der Waals surface area contributed by atoms with Gasteiger partial charge in [-0.2, -0.15) is 0 Å². The Kier molecular flexibility index (Phi) is 31.9. The van der Waals surface area contributed by atoms with Gasteiger partial charge >= 0.3 is 17.9 Å². The van der Waals surface area contributed by atoms with Crippen LogP contribution in [0.25, 0.3) is 27.6 Å². The predicted octanol–water partition coefficient (Wildman–Crippen LogP) is 15.0. The van der Waals surface area contributed by atoms with E-state index in [4.69, 9.17) is 45.0 Å². The maximum absolute atomic E-state index is 12.1. The number of halogens is 3. The number of aliphatic hydroxyl groups excluding tert-OH is 1. The maximum Gasteiger partial charge on any atom is 0.337 e. The zero-order valence-electron chi connectivity index (χ0n) is 51.1. The third-order valence-corrected chi connectivity index (χ3v) is 14.8. The average molecular weight is 1310 g/mol. The highest BCUT2D eigenvalue weighted by Crippen LogP contribution is 2.26. The fraction of sp³-hybridized carbons (Fsp3) is 0.184. The van der Waals surface area contributed by atoms with E-state index >= 15 is 0 Å². The van der Waals surface area contributed by atoms with Crippen LogP contribution in [0.4, 0.5) is 0 Å². The number of esters is 1. The molecule has 0 unspecified atom stereocenters. The number of carbonyl (C=O) groups is 6. The molecule has 3 amide bonds. The molecule has 482 valence electrons. The van der Waals surface area contributed by atoms with Crippen molar-refractivity contribution in [2.24, 2.45) is 0 Å². The van der Waals surface area contributed by atoms with Gasteiger partial charge in [0.1, 0.15) is 13.1 Å². The quantitative estimate of drug-likeness (QED) is 0.0249. The first kappa shape index (κ1) is 73.9. The molecule has 0 aliphatic heterocycles. The van der Waals surface area contributed by atoms with E-state index in [1.165, 1.54) is 30.4 Å². The predicted molar refractivity (Wildman–Crippen MR) is 374 cm³/mol. The number of amides is 3. The molecule has 14 nitrogen and oxygen atoms in total. The number of carbonyl (C=O) groups excluding carboxylic acids is 4. The number of ether oxygens (including phenoxy) is 1. The number of rotatable bonds is 24. The van der Waals surface area contributed by atoms with Gasteiger partial charge in [0.15, 0.2) is 0 Å². The van der Waals surface area contributed by atoms with Gasteiger partial charge in [-0.3, -0.25) is 24.0 Å². The molecule has 9 aromatic rings. The van der Waals surface area contributed by atoms with Gasteiger partial charge in [0.25, 0.3) is 0 Å². The summed E-state index contributed by atoms with van der Waals surface area (Å²) in [7, 11) is 1.28. The fourth-order valence-corrected chi connectivity index (χ4v) is 9.66. The largest absolute Gasteiger partial charge is 0.480 e. The minimum atomic E-state index is -1.07. The number of aromatic nitrogens is 1. The molecule has 1 heterocycles. The van der Waals surface area contributed by atoms with Gasteiger partial charge in [0.2, 0.25) is 17.7 Å². The molecule has 0 aliphatic rings. The van der Waals surface area contributed by atoms with Gasteiger partial charge in [-0.25, -0.2) is 4.79 Å². The molecule has 0 spiro atoms. The number of allylic oxidation sites excluding steroid dienone is 3. The first-order chi connectivity index (χ1) is 44.5. The second-order valence-corrected chi connectivity index (χ2v) is 22.2. The molecule has 0 aliphatic carbocycles. The van der Waals surface area contributed by atoms with Crippen LogP contribution in [-0.4, -0.2) is 88.9 Å². The molecule has 0 saturated carbocycles. The molecule has 6 N–H and O–H groups in total. The Morgan fingerprint density at radius 2 is 0.839 bits per heavy atom. The number of aromatic carboxylic acids is 1. The van der Waals surface area contributed by atoms with E-state index in [-0.39, 0.29) is 38.9 Å². The Labute approximate surface area is 558 Å². The third kappa shape index (κ3) is 26.9. The second-order valence-electron chi connectivity index (χ2n) is 20.9. The van der Waals surface area contributed by atoms with E-state index in [9.17, 15) is 33.9 Å². The summed E-state index contributed by atoms with van der Waals surface area (Å²) in [5.74, 6) is -3.35. The van der Waals surface area contributed by atoms with Crippen LogP contribution in [0.3, 0.4) is 0 Å². The van der Waals surface area contributed by atoms with Crippen LogP contribution in [0.15, 0.2) is 237 Å². The van der Waals surface area contributed by atoms with E-state index in [1.807, 2.05) is 193 Å². The molecule has 8 aromatic carbocycles. The number of benzene rings is 8. The number of hydrogen-bond acceptors (Lipinski definition) is 8. The lowest BCUT2D eigenvalue weighted by Crippen LogP contribution is -2.28. The first-order valence-electron chi connectivity index (χ1n) is 29.6. The number of aliphatic hydroxyl groups is 1. The van der Waals surface area contributed by atoms with E-state index in [2.05, 4.69) is 51.9 Å². The summed E-state index contributed by atoms with van der Waals surface area (Å²) >= 11 is 17.7. The van der Waals surface area contributed by atoms with Crippen molar-refractivity contribution >= 4 is 98.1 Å². The molecule has 93 heavy (non-hydrogen) atoms. The normalized spacial score (nSPS) is 11.0. The monoisotopic (exact) mass is 1310 g/mol. The topological polar surface area (TPSA) is 213 Å². The Morgan fingerprint density at radius 3 is 1.22 bits per heavy atom. The van der Waals surface area contributed by atoms with E-state index in [0.717, 1.165) is 91.7 Å². The van der Waals surface area contributed by atoms with E-state index in [0.29, 0.717) is 35.0 Å². The van der Waals surface area contributed by atoms with Gasteiger partial charge in [-0.15, -0.1) is 0 Å². The molecule has 0 bridgehead atoms. The molecule has 0 saturated heterocycles. The Hall–Kier alpha value is -9.83. The summed E-state index contributed by atoms with van der Waals surface area (Å²) in [6, 6.07) is 68.0. The number of aliphatic carboxylic acids is 1. The summed E-state index contributed by atoms with van der Waals surface area (Å²) in [5, 5.41) is 37.2. The molecular formula is C76H77Cl3N4O10. The minimum absolute atomic E-state index is 0. The van der Waals surface area contributed by atoms with Gasteiger partial charge in [0.05, 0.1) is 19.3 Å². The highest BCUT2D eigenvalue weighted by Gasteiger charge is 2.15. The van der Waals surface area contributed by atoms with Crippen molar-refractivity contribution in [2.45, 2.75) is 59.4 Å². The SMILES string of the molecule is C.COC(=O)CNC(=O)/C=C(\CCc1ccc(Cl)cc1)c1ccccc1.Cc1ccc(Cn2cc(C(=O)O)c3ccccc32)cc1.O=C(/C=C(/CCc1ccc(Cl)cc1)c1ccccc1)NCCO.O=C(O)CNC(=O)/C=C(/CCc1ccc(Cl)cc1)c1ccccc1. The fourth-order valence-electron chi connectivity index (χ4n) is 9.29. The number of carboxylic acid groups (broad SMARTS) is 2. The van der Waals surface area contributed by atoms with Gasteiger partial charge in [0, 0.05) is 63.5 Å². The third-order valence-electron chi connectivity index (χ3n) is 14.1. The van der Waals surface area contributed by atoms with Crippen molar-refractivity contribution in [2.75, 3.05) is 33.4 Å². The summed E-state index contributed by atoms with van der Waals surface area (Å²) in [6.07, 6.45) is 10.8. The molecule has 1 aromatic heterocycles. The Morgan fingerprint density at radius 1 is 0.473 bits per heavy atom. The number of nitrogens with zero attached hydrogens (tertiary/aromatic N) is 1. The van der Waals surface area contributed by atoms with Gasteiger partial charge in [-0.1, -0.05) is 218 Å². The smallest absolute Gasteiger partial charge is 0.337 e. The van der Waals surface area contributed by atoms with E-state index < -0.39 is 30.4 Å². The summed E-state index contributed by atoms with van der Waals surface area (Å²) < 4.78 is 6.51. The van der Waals surface area contributed by atoms with Crippen molar-refractivity contribution in [3.05, 3.63) is 302 Å².